The molecule has 1 N–H and O–H groups in total. The van der Waals surface area contributed by atoms with Gasteiger partial charge >= 0.3 is 18.0 Å². The largest absolute Gasteiger partial charge is 0.459 e. The highest BCUT2D eigenvalue weighted by atomic mass is 19.4. The van der Waals surface area contributed by atoms with Gasteiger partial charge in [0.25, 0.3) is 0 Å². The first-order valence-electron chi connectivity index (χ1n) is 4.66. The molecule has 0 amide bonds. The predicted molar refractivity (Wildman–Crippen MR) is 41.6 cm³/mol. The normalized spacial score (nSPS) is 24.6. The Balaban J connectivity index is 2.90. The third-order valence-corrected chi connectivity index (χ3v) is 2.52. The highest BCUT2D eigenvalue weighted by Crippen LogP contribution is 2.49. The van der Waals surface area contributed by atoms with Crippen molar-refractivity contribution in [2.45, 2.75) is 43.3 Å². The van der Waals surface area contributed by atoms with Crippen LogP contribution in [0.3, 0.4) is 0 Å². The van der Waals surface area contributed by atoms with Gasteiger partial charge in [0.1, 0.15) is 0 Å². The molecule has 16 heavy (non-hydrogen) atoms. The molecule has 1 nitrogen and oxygen atoms in total. The zero-order chi connectivity index (χ0) is 12.6. The molecule has 0 aromatic rings. The minimum Gasteiger partial charge on any atom is -0.308 e. The highest BCUT2D eigenvalue weighted by molar-refractivity contribution is 4.99. The smallest absolute Gasteiger partial charge is 0.308 e. The van der Waals surface area contributed by atoms with Crippen LogP contribution in [0.1, 0.15) is 19.3 Å². The van der Waals surface area contributed by atoms with Crippen molar-refractivity contribution in [2.24, 2.45) is 0 Å². The lowest BCUT2D eigenvalue weighted by molar-refractivity contribution is -0.360. The molecule has 0 saturated carbocycles. The van der Waals surface area contributed by atoms with E-state index in [0.717, 1.165) is 0 Å². The quantitative estimate of drug-likeness (QED) is 0.746. The van der Waals surface area contributed by atoms with E-state index in [-0.39, 0.29) is 13.0 Å². The topological polar surface area (TPSA) is 12.0 Å². The van der Waals surface area contributed by atoms with Crippen LogP contribution in [0.5, 0.6) is 0 Å². The average molecular weight is 253 g/mol. The fraction of sp³-hybridized carbons (Fsp3) is 1.00. The van der Waals surface area contributed by atoms with Gasteiger partial charge in [-0.25, -0.2) is 0 Å². The number of alkyl halides is 7. The van der Waals surface area contributed by atoms with Crippen LogP contribution in [-0.2, 0) is 0 Å². The summed E-state index contributed by atoms with van der Waals surface area (Å²) in [6.07, 6.45) is -5.93. The van der Waals surface area contributed by atoms with E-state index in [1.165, 1.54) is 0 Å². The number of halogens is 7. The molecule has 1 rings (SSSR count). The number of piperidine rings is 1. The second-order valence-corrected chi connectivity index (χ2v) is 3.70. The monoisotopic (exact) mass is 253 g/mol. The van der Waals surface area contributed by atoms with E-state index in [1.807, 2.05) is 5.32 Å². The lowest BCUT2D eigenvalue weighted by atomic mass is 9.94. The molecule has 0 aliphatic carbocycles. The second-order valence-electron chi connectivity index (χ2n) is 3.70. The van der Waals surface area contributed by atoms with Crippen molar-refractivity contribution < 1.29 is 30.7 Å². The summed E-state index contributed by atoms with van der Waals surface area (Å²) in [4.78, 5) is 0. The van der Waals surface area contributed by atoms with Gasteiger partial charge in [0.05, 0.1) is 6.04 Å². The number of hydrogen-bond acceptors (Lipinski definition) is 1. The summed E-state index contributed by atoms with van der Waals surface area (Å²) < 4.78 is 86.7. The van der Waals surface area contributed by atoms with Gasteiger partial charge < -0.3 is 5.32 Å². The molecule has 0 aromatic heterocycles. The molecule has 1 fully saturated rings. The molecule has 0 spiro atoms. The molecular weight excluding hydrogens is 243 g/mol. The molecule has 0 bridgehead atoms. The molecule has 1 saturated heterocycles. The Morgan fingerprint density at radius 2 is 1.44 bits per heavy atom. The fourth-order valence-electron chi connectivity index (χ4n) is 1.57. The van der Waals surface area contributed by atoms with Crippen LogP contribution >= 0.6 is 0 Å². The third kappa shape index (κ3) is 2.11. The van der Waals surface area contributed by atoms with Crippen LogP contribution in [0, 0.1) is 0 Å². The molecule has 1 atom stereocenters. The van der Waals surface area contributed by atoms with E-state index in [0.29, 0.717) is 6.42 Å². The number of rotatable bonds is 2. The van der Waals surface area contributed by atoms with Crippen molar-refractivity contribution >= 4 is 0 Å². The van der Waals surface area contributed by atoms with Gasteiger partial charge in [0.2, 0.25) is 0 Å². The summed E-state index contributed by atoms with van der Waals surface area (Å²) in [6.45, 7) is 0.0220. The second kappa shape index (κ2) is 4.05. The molecular formula is C8H10F7N. The summed E-state index contributed by atoms with van der Waals surface area (Å²) >= 11 is 0. The van der Waals surface area contributed by atoms with Crippen molar-refractivity contribution in [1.82, 2.24) is 5.32 Å². The maximum absolute atomic E-state index is 13.1. The minimum absolute atomic E-state index is 0.0220. The minimum atomic E-state index is -6.24. The maximum atomic E-state index is 13.1. The molecule has 1 aliphatic heterocycles. The Bertz CT molecular complexity index is 241. The number of hydrogen-bond donors (Lipinski definition) is 1. The molecule has 0 radical (unpaired) electrons. The van der Waals surface area contributed by atoms with Crippen molar-refractivity contribution in [2.75, 3.05) is 6.54 Å². The van der Waals surface area contributed by atoms with Crippen molar-refractivity contribution in [3.05, 3.63) is 0 Å². The van der Waals surface area contributed by atoms with E-state index >= 15 is 0 Å². The van der Waals surface area contributed by atoms with Gasteiger partial charge in [-0.1, -0.05) is 6.42 Å². The molecule has 0 aromatic carbocycles. The molecule has 0 unspecified atom stereocenters. The molecule has 8 heteroatoms. The summed E-state index contributed by atoms with van der Waals surface area (Å²) in [6, 6.07) is -2.13. The van der Waals surface area contributed by atoms with Crippen molar-refractivity contribution in [3.63, 3.8) is 0 Å². The van der Waals surface area contributed by atoms with Crippen LogP contribution in [0.2, 0.25) is 0 Å². The van der Waals surface area contributed by atoms with Gasteiger partial charge in [0.15, 0.2) is 0 Å². The lowest BCUT2D eigenvalue weighted by Crippen LogP contribution is -2.62. The lowest BCUT2D eigenvalue weighted by Gasteiger charge is -2.36. The SMILES string of the molecule is FC(F)(F)C(F)(F)C(F)(F)[C@@H]1CCCCN1. The standard InChI is InChI=1S/C8H10F7N/c9-6(10,5-3-1-2-4-16-5)7(11,12)8(13,14)15/h5,16H,1-4H2/t5-/m0/s1. The Morgan fingerprint density at radius 3 is 1.81 bits per heavy atom. The van der Waals surface area contributed by atoms with Crippen LogP contribution in [0.25, 0.3) is 0 Å². The summed E-state index contributed by atoms with van der Waals surface area (Å²) in [5, 5.41) is 2.01. The van der Waals surface area contributed by atoms with Gasteiger partial charge in [0, 0.05) is 0 Å². The Kier molecular flexibility index (Phi) is 3.42. The van der Waals surface area contributed by atoms with Gasteiger partial charge in [-0.05, 0) is 19.4 Å². The average Bonchev–Trinajstić information content (AvgIpc) is 2.17. The number of nitrogens with one attached hydrogen (secondary N) is 1. The Morgan fingerprint density at radius 1 is 0.875 bits per heavy atom. The first kappa shape index (κ1) is 13.5. The van der Waals surface area contributed by atoms with E-state index in [1.54, 1.807) is 0 Å². The molecule has 1 aliphatic rings. The Labute approximate surface area is 87.0 Å². The Hall–Kier alpha value is -0.530. The van der Waals surface area contributed by atoms with E-state index in [2.05, 4.69) is 0 Å². The van der Waals surface area contributed by atoms with E-state index in [4.69, 9.17) is 0 Å². The van der Waals surface area contributed by atoms with Crippen LogP contribution in [0.15, 0.2) is 0 Å². The van der Waals surface area contributed by atoms with Gasteiger partial charge in [-0.2, -0.15) is 30.7 Å². The predicted octanol–water partition coefficient (Wildman–Crippen LogP) is 2.96. The van der Waals surface area contributed by atoms with Gasteiger partial charge in [-0.15, -0.1) is 0 Å². The molecule has 96 valence electrons. The van der Waals surface area contributed by atoms with Crippen LogP contribution in [-0.4, -0.2) is 30.6 Å². The van der Waals surface area contributed by atoms with Crippen LogP contribution in [0.4, 0.5) is 30.7 Å². The first-order valence-corrected chi connectivity index (χ1v) is 4.66. The summed E-state index contributed by atoms with van der Waals surface area (Å²) in [7, 11) is 0. The first-order chi connectivity index (χ1) is 7.11. The van der Waals surface area contributed by atoms with E-state index in [9.17, 15) is 30.7 Å². The fourth-order valence-corrected chi connectivity index (χ4v) is 1.57. The van der Waals surface area contributed by atoms with E-state index < -0.39 is 30.5 Å². The third-order valence-electron chi connectivity index (χ3n) is 2.52. The van der Waals surface area contributed by atoms with Crippen molar-refractivity contribution in [3.8, 4) is 0 Å². The zero-order valence-electron chi connectivity index (χ0n) is 8.05. The maximum Gasteiger partial charge on any atom is 0.459 e. The zero-order valence-corrected chi connectivity index (χ0v) is 8.05. The summed E-state index contributed by atoms with van der Waals surface area (Å²) in [5.74, 6) is -11.1. The van der Waals surface area contributed by atoms with Crippen molar-refractivity contribution in [1.29, 1.82) is 0 Å². The van der Waals surface area contributed by atoms with Crippen LogP contribution < -0.4 is 5.32 Å². The molecule has 1 heterocycles. The van der Waals surface area contributed by atoms with Gasteiger partial charge in [-0.3, -0.25) is 0 Å². The summed E-state index contributed by atoms with van der Waals surface area (Å²) in [5.41, 5.74) is 0. The highest BCUT2D eigenvalue weighted by Gasteiger charge is 2.75.